The van der Waals surface area contributed by atoms with E-state index < -0.39 is 24.8 Å². The number of Topliss-reactive ketones (excluding diaryl/α,β-unsaturated/α-hetero) is 1. The number of aliphatic hydroxyl groups is 2. The average molecular weight is 593 g/mol. The monoisotopic (exact) mass is 593 g/mol. The quantitative estimate of drug-likeness (QED) is 0.0461. The molecule has 2 unspecified atom stereocenters. The minimum Gasteiger partial charge on any atom is -0.457 e. The normalized spacial score (nSPS) is 13.2. The number of rotatable bonds is 32. The Balaban J connectivity index is 3.74. The second-order valence-electron chi connectivity index (χ2n) is 12.1. The molecule has 246 valence electrons. The fourth-order valence-electron chi connectivity index (χ4n) is 5.18. The second kappa shape index (κ2) is 32.5. The highest BCUT2D eigenvalue weighted by molar-refractivity contribution is 5.83. The van der Waals surface area contributed by atoms with Gasteiger partial charge in [0.25, 0.3) is 0 Å². The van der Waals surface area contributed by atoms with Crippen LogP contribution in [-0.2, 0) is 14.3 Å². The molecule has 0 aliphatic heterocycles. The maximum absolute atomic E-state index is 12.4. The van der Waals surface area contributed by atoms with Crippen molar-refractivity contribution in [1.29, 1.82) is 0 Å². The predicted octanol–water partition coefficient (Wildman–Crippen LogP) is 10.1. The minimum absolute atomic E-state index is 0.251. The zero-order chi connectivity index (χ0) is 30.9. The molecule has 0 radical (unpaired) electrons. The van der Waals surface area contributed by atoms with Gasteiger partial charge in [0, 0.05) is 12.8 Å². The van der Waals surface area contributed by atoms with E-state index in [2.05, 4.69) is 38.2 Å². The fraction of sp³-hybridized carbons (Fsp3) is 0.838. The first-order valence-electron chi connectivity index (χ1n) is 17.9. The molecule has 42 heavy (non-hydrogen) atoms. The molecule has 0 rings (SSSR count). The largest absolute Gasteiger partial charge is 0.457 e. The highest BCUT2D eigenvalue weighted by Gasteiger charge is 2.28. The zero-order valence-electron chi connectivity index (χ0n) is 27.7. The smallest absolute Gasteiger partial charge is 0.306 e. The number of hydrogen-bond donors (Lipinski definition) is 2. The molecular formula is C37H68O5. The Morgan fingerprint density at radius 1 is 0.571 bits per heavy atom. The van der Waals surface area contributed by atoms with Crippen LogP contribution in [-0.4, -0.2) is 40.8 Å². The Morgan fingerprint density at radius 3 is 1.48 bits per heavy atom. The summed E-state index contributed by atoms with van der Waals surface area (Å²) in [6.45, 7) is 3.94. The summed E-state index contributed by atoms with van der Waals surface area (Å²) >= 11 is 0. The predicted molar refractivity (Wildman–Crippen MR) is 178 cm³/mol. The Bertz CT molecular complexity index is 657. The second-order valence-corrected chi connectivity index (χ2v) is 12.1. The fourth-order valence-corrected chi connectivity index (χ4v) is 5.18. The third kappa shape index (κ3) is 27.4. The minimum atomic E-state index is -1.44. The topological polar surface area (TPSA) is 83.8 Å². The lowest BCUT2D eigenvalue weighted by Crippen LogP contribution is -2.40. The zero-order valence-corrected chi connectivity index (χ0v) is 27.7. The van der Waals surface area contributed by atoms with Gasteiger partial charge in [-0.3, -0.25) is 9.59 Å². The van der Waals surface area contributed by atoms with E-state index in [1.807, 2.05) is 0 Å². The molecule has 0 aliphatic rings. The summed E-state index contributed by atoms with van der Waals surface area (Å²) < 4.78 is 5.25. The van der Waals surface area contributed by atoms with Crippen LogP contribution in [0.25, 0.3) is 0 Å². The van der Waals surface area contributed by atoms with Crippen LogP contribution in [0.4, 0.5) is 0 Å². The van der Waals surface area contributed by atoms with Gasteiger partial charge in [0.1, 0.15) is 0 Å². The lowest BCUT2D eigenvalue weighted by atomic mass is 10.0. The van der Waals surface area contributed by atoms with Crippen molar-refractivity contribution in [2.45, 2.75) is 193 Å². The van der Waals surface area contributed by atoms with Gasteiger partial charge < -0.3 is 14.9 Å². The molecule has 2 atom stereocenters. The standard InChI is InChI=1S/C37H68O5/c1-3-5-7-9-11-13-15-17-18-20-22-24-26-28-30-32-36(40)42-35(33-38)37(41)34(39)31-29-27-25-23-21-19-16-14-12-10-8-6-4-2/h11,13,17-18,35,37-38,41H,3-10,12,14-16,19-33H2,1-2H3/b13-11-,18-17-. The number of hydrogen-bond acceptors (Lipinski definition) is 5. The van der Waals surface area contributed by atoms with E-state index in [-0.39, 0.29) is 18.6 Å². The number of carbonyl (C=O) groups is 2. The molecule has 0 spiro atoms. The summed E-state index contributed by atoms with van der Waals surface area (Å²) in [5, 5.41) is 19.9. The van der Waals surface area contributed by atoms with Crippen molar-refractivity contribution in [2.24, 2.45) is 0 Å². The van der Waals surface area contributed by atoms with Crippen LogP contribution >= 0.6 is 0 Å². The summed E-state index contributed by atoms with van der Waals surface area (Å²) in [4.78, 5) is 24.6. The maximum Gasteiger partial charge on any atom is 0.306 e. The molecule has 2 N–H and O–H groups in total. The van der Waals surface area contributed by atoms with E-state index >= 15 is 0 Å². The lowest BCUT2D eigenvalue weighted by molar-refractivity contribution is -0.161. The van der Waals surface area contributed by atoms with Crippen molar-refractivity contribution in [3.63, 3.8) is 0 Å². The number of esters is 1. The van der Waals surface area contributed by atoms with Gasteiger partial charge in [-0.05, 0) is 44.9 Å². The summed E-state index contributed by atoms with van der Waals surface area (Å²) in [5.41, 5.74) is 0. The third-order valence-corrected chi connectivity index (χ3v) is 8.00. The molecule has 5 nitrogen and oxygen atoms in total. The molecule has 0 saturated carbocycles. The number of unbranched alkanes of at least 4 members (excludes halogenated alkanes) is 20. The highest BCUT2D eigenvalue weighted by atomic mass is 16.6. The molecule has 0 fully saturated rings. The van der Waals surface area contributed by atoms with E-state index in [4.69, 9.17) is 4.74 Å². The summed E-state index contributed by atoms with van der Waals surface area (Å²) in [7, 11) is 0. The summed E-state index contributed by atoms with van der Waals surface area (Å²) in [6, 6.07) is 0. The summed E-state index contributed by atoms with van der Waals surface area (Å²) in [5.74, 6) is -0.797. The molecule has 0 aromatic heterocycles. The van der Waals surface area contributed by atoms with Crippen LogP contribution in [0.15, 0.2) is 24.3 Å². The Kier molecular flexibility index (Phi) is 31.3. The summed E-state index contributed by atoms with van der Waals surface area (Å²) in [6.07, 6.45) is 35.1. The van der Waals surface area contributed by atoms with Crippen molar-refractivity contribution in [2.75, 3.05) is 6.61 Å². The first-order chi connectivity index (χ1) is 20.6. The van der Waals surface area contributed by atoms with Crippen LogP contribution in [0.2, 0.25) is 0 Å². The van der Waals surface area contributed by atoms with Crippen molar-refractivity contribution < 1.29 is 24.5 Å². The van der Waals surface area contributed by atoms with E-state index in [1.54, 1.807) is 0 Å². The van der Waals surface area contributed by atoms with E-state index in [0.717, 1.165) is 64.2 Å². The molecule has 0 heterocycles. The lowest BCUT2D eigenvalue weighted by Gasteiger charge is -2.20. The maximum atomic E-state index is 12.4. The van der Waals surface area contributed by atoms with Gasteiger partial charge in [-0.25, -0.2) is 0 Å². The van der Waals surface area contributed by atoms with Crippen molar-refractivity contribution in [1.82, 2.24) is 0 Å². The highest BCUT2D eigenvalue weighted by Crippen LogP contribution is 2.15. The van der Waals surface area contributed by atoms with Crippen LogP contribution in [0.1, 0.15) is 181 Å². The van der Waals surface area contributed by atoms with Crippen LogP contribution in [0, 0.1) is 0 Å². The Hall–Kier alpha value is -1.46. The molecule has 0 aromatic rings. The number of aliphatic hydroxyl groups excluding tert-OH is 2. The first kappa shape index (κ1) is 40.5. The van der Waals surface area contributed by atoms with Gasteiger partial charge in [0.15, 0.2) is 18.0 Å². The van der Waals surface area contributed by atoms with E-state index in [1.165, 1.54) is 89.9 Å². The number of ether oxygens (including phenoxy) is 1. The molecule has 0 saturated heterocycles. The first-order valence-corrected chi connectivity index (χ1v) is 17.9. The third-order valence-electron chi connectivity index (χ3n) is 8.00. The average Bonchev–Trinajstić information content (AvgIpc) is 2.99. The molecular weight excluding hydrogens is 524 g/mol. The number of carbonyl (C=O) groups excluding carboxylic acids is 2. The van der Waals surface area contributed by atoms with Crippen LogP contribution in [0.5, 0.6) is 0 Å². The Labute approximate surface area is 260 Å². The molecule has 0 aliphatic carbocycles. The van der Waals surface area contributed by atoms with Crippen molar-refractivity contribution in [3.05, 3.63) is 24.3 Å². The number of ketones is 1. The molecule has 0 aromatic carbocycles. The Morgan fingerprint density at radius 2 is 0.976 bits per heavy atom. The van der Waals surface area contributed by atoms with Gasteiger partial charge in [-0.15, -0.1) is 0 Å². The van der Waals surface area contributed by atoms with Crippen molar-refractivity contribution in [3.8, 4) is 0 Å². The molecule has 5 heteroatoms. The van der Waals surface area contributed by atoms with E-state index in [0.29, 0.717) is 0 Å². The number of allylic oxidation sites excluding steroid dienone is 4. The van der Waals surface area contributed by atoms with Gasteiger partial charge in [-0.2, -0.15) is 0 Å². The molecule has 0 bridgehead atoms. The van der Waals surface area contributed by atoms with Crippen molar-refractivity contribution >= 4 is 11.8 Å². The van der Waals surface area contributed by atoms with Crippen LogP contribution < -0.4 is 0 Å². The van der Waals surface area contributed by atoms with E-state index in [9.17, 15) is 19.8 Å². The van der Waals surface area contributed by atoms with Crippen LogP contribution in [0.3, 0.4) is 0 Å². The molecule has 0 amide bonds. The van der Waals surface area contributed by atoms with Gasteiger partial charge >= 0.3 is 5.97 Å². The van der Waals surface area contributed by atoms with Gasteiger partial charge in [0.05, 0.1) is 6.61 Å². The SMILES string of the molecule is CCCCC/C=C\C/C=C\CCCCCCCC(=O)OC(CO)C(O)C(=O)CCCCCCCCCCCCCCC. The van der Waals surface area contributed by atoms with Gasteiger partial charge in [-0.1, -0.05) is 147 Å². The van der Waals surface area contributed by atoms with Gasteiger partial charge in [0.2, 0.25) is 0 Å².